The Bertz CT molecular complexity index is 433. The first-order valence-electron chi connectivity index (χ1n) is 6.39. The molecule has 4 nitrogen and oxygen atoms in total. The first-order valence-corrected chi connectivity index (χ1v) is 6.39. The third-order valence-electron chi connectivity index (χ3n) is 3.62. The zero-order valence-electron chi connectivity index (χ0n) is 12.1. The van der Waals surface area contributed by atoms with Crippen LogP contribution < -0.4 is 5.73 Å². The van der Waals surface area contributed by atoms with Gasteiger partial charge in [0.05, 0.1) is 13.2 Å². The maximum atomic E-state index is 12.3. The van der Waals surface area contributed by atoms with E-state index in [1.54, 1.807) is 7.11 Å². The van der Waals surface area contributed by atoms with Crippen LogP contribution in [0.2, 0.25) is 0 Å². The number of methoxy groups -OCH3 is 2. The number of nitrogens with two attached hydrogens (primary N) is 1. The van der Waals surface area contributed by atoms with E-state index in [4.69, 9.17) is 15.2 Å². The van der Waals surface area contributed by atoms with E-state index in [0.717, 1.165) is 11.1 Å². The van der Waals surface area contributed by atoms with Crippen molar-refractivity contribution in [1.29, 1.82) is 0 Å². The Kier molecular flexibility index (Phi) is 5.51. The average molecular weight is 265 g/mol. The van der Waals surface area contributed by atoms with Crippen molar-refractivity contribution in [2.75, 3.05) is 20.8 Å². The summed E-state index contributed by atoms with van der Waals surface area (Å²) >= 11 is 0. The molecule has 1 aromatic carbocycles. The smallest absolute Gasteiger partial charge is 0.317 e. The van der Waals surface area contributed by atoms with Crippen LogP contribution in [0.3, 0.4) is 0 Å². The highest BCUT2D eigenvalue weighted by molar-refractivity contribution is 5.84. The van der Waals surface area contributed by atoms with Gasteiger partial charge in [-0.25, -0.2) is 0 Å². The van der Waals surface area contributed by atoms with Crippen molar-refractivity contribution in [2.45, 2.75) is 31.8 Å². The summed E-state index contributed by atoms with van der Waals surface area (Å²) in [6.45, 7) is 4.09. The van der Waals surface area contributed by atoms with Crippen LogP contribution in [0.25, 0.3) is 0 Å². The monoisotopic (exact) mass is 265 g/mol. The molecular weight excluding hydrogens is 242 g/mol. The Labute approximate surface area is 114 Å². The quantitative estimate of drug-likeness (QED) is 0.797. The second-order valence-corrected chi connectivity index (χ2v) is 4.84. The number of hydrogen-bond acceptors (Lipinski definition) is 4. The number of aryl methyl sites for hydroxylation is 1. The van der Waals surface area contributed by atoms with E-state index in [0.29, 0.717) is 6.42 Å². The number of ether oxygens (including phenoxy) is 2. The molecule has 1 rings (SSSR count). The maximum absolute atomic E-state index is 12.3. The highest BCUT2D eigenvalue weighted by Crippen LogP contribution is 2.33. The van der Waals surface area contributed by atoms with E-state index in [2.05, 4.69) is 0 Å². The van der Waals surface area contributed by atoms with Crippen molar-refractivity contribution in [3.8, 4) is 0 Å². The molecule has 0 heterocycles. The van der Waals surface area contributed by atoms with Gasteiger partial charge in [0, 0.05) is 13.7 Å². The topological polar surface area (TPSA) is 61.5 Å². The summed E-state index contributed by atoms with van der Waals surface area (Å²) in [6.07, 6.45) is 0.416. The molecule has 0 saturated carbocycles. The Morgan fingerprint density at radius 1 is 1.37 bits per heavy atom. The molecule has 0 saturated heterocycles. The Hall–Kier alpha value is -1.39. The van der Waals surface area contributed by atoms with Gasteiger partial charge in [-0.3, -0.25) is 4.79 Å². The van der Waals surface area contributed by atoms with E-state index in [-0.39, 0.29) is 18.6 Å². The lowest BCUT2D eigenvalue weighted by atomic mass is 9.74. The van der Waals surface area contributed by atoms with Crippen molar-refractivity contribution in [3.63, 3.8) is 0 Å². The molecule has 0 bridgehead atoms. The molecule has 0 spiro atoms. The van der Waals surface area contributed by atoms with Gasteiger partial charge >= 0.3 is 5.97 Å². The van der Waals surface area contributed by atoms with Gasteiger partial charge in [0.2, 0.25) is 0 Å². The molecule has 2 atom stereocenters. The molecule has 0 aliphatic rings. The largest absolute Gasteiger partial charge is 0.468 e. The molecule has 1 aromatic rings. The zero-order valence-corrected chi connectivity index (χ0v) is 12.1. The predicted octanol–water partition coefficient (Wildman–Crippen LogP) is 1.79. The van der Waals surface area contributed by atoms with Crippen LogP contribution in [0.1, 0.15) is 24.5 Å². The molecule has 4 heteroatoms. The SMILES string of the molecule is COC(=O)C(CN)(CC(C)OC)c1ccccc1C. The number of carbonyl (C=O) groups is 1. The van der Waals surface area contributed by atoms with Gasteiger partial charge in [-0.1, -0.05) is 24.3 Å². The van der Waals surface area contributed by atoms with Gasteiger partial charge in [-0.05, 0) is 31.4 Å². The van der Waals surface area contributed by atoms with E-state index in [1.807, 2.05) is 38.1 Å². The third kappa shape index (κ3) is 3.14. The lowest BCUT2D eigenvalue weighted by Crippen LogP contribution is -2.46. The van der Waals surface area contributed by atoms with Gasteiger partial charge in [0.15, 0.2) is 0 Å². The number of hydrogen-bond donors (Lipinski definition) is 1. The summed E-state index contributed by atoms with van der Waals surface area (Å²) in [6, 6.07) is 7.76. The van der Waals surface area contributed by atoms with Gasteiger partial charge in [0.25, 0.3) is 0 Å². The fourth-order valence-corrected chi connectivity index (χ4v) is 2.46. The summed E-state index contributed by atoms with van der Waals surface area (Å²) in [7, 11) is 3.02. The van der Waals surface area contributed by atoms with Crippen LogP contribution in [-0.2, 0) is 19.7 Å². The van der Waals surface area contributed by atoms with Crippen LogP contribution in [0, 0.1) is 6.92 Å². The summed E-state index contributed by atoms with van der Waals surface area (Å²) in [5.41, 5.74) is 7.02. The van der Waals surface area contributed by atoms with Crippen molar-refractivity contribution in [1.82, 2.24) is 0 Å². The van der Waals surface area contributed by atoms with Gasteiger partial charge in [-0.15, -0.1) is 0 Å². The molecule has 0 fully saturated rings. The summed E-state index contributed by atoms with van der Waals surface area (Å²) < 4.78 is 10.3. The number of carbonyl (C=O) groups excluding carboxylic acids is 1. The summed E-state index contributed by atoms with van der Waals surface area (Å²) in [4.78, 5) is 12.3. The lowest BCUT2D eigenvalue weighted by Gasteiger charge is -2.33. The van der Waals surface area contributed by atoms with Crippen molar-refractivity contribution in [3.05, 3.63) is 35.4 Å². The third-order valence-corrected chi connectivity index (χ3v) is 3.62. The van der Waals surface area contributed by atoms with E-state index in [9.17, 15) is 4.79 Å². The summed E-state index contributed by atoms with van der Waals surface area (Å²) in [5, 5.41) is 0. The number of esters is 1. The maximum Gasteiger partial charge on any atom is 0.317 e. The van der Waals surface area contributed by atoms with Crippen molar-refractivity contribution in [2.24, 2.45) is 5.73 Å². The number of benzene rings is 1. The van der Waals surface area contributed by atoms with Crippen molar-refractivity contribution >= 4 is 5.97 Å². The predicted molar refractivity (Wildman–Crippen MR) is 75.0 cm³/mol. The van der Waals surface area contributed by atoms with E-state index in [1.165, 1.54) is 7.11 Å². The van der Waals surface area contributed by atoms with Crippen LogP contribution in [0.5, 0.6) is 0 Å². The molecule has 0 aliphatic heterocycles. The molecule has 106 valence electrons. The highest BCUT2D eigenvalue weighted by Gasteiger charge is 2.42. The molecule has 0 amide bonds. The Balaban J connectivity index is 3.32. The minimum absolute atomic E-state index is 0.0812. The fourth-order valence-electron chi connectivity index (χ4n) is 2.46. The fraction of sp³-hybridized carbons (Fsp3) is 0.533. The zero-order chi connectivity index (χ0) is 14.5. The molecule has 0 radical (unpaired) electrons. The van der Waals surface area contributed by atoms with Crippen LogP contribution in [0.15, 0.2) is 24.3 Å². The van der Waals surface area contributed by atoms with Gasteiger partial charge < -0.3 is 15.2 Å². The molecule has 2 unspecified atom stereocenters. The van der Waals surface area contributed by atoms with Crippen LogP contribution in [-0.4, -0.2) is 32.8 Å². The molecule has 19 heavy (non-hydrogen) atoms. The van der Waals surface area contributed by atoms with E-state index < -0.39 is 5.41 Å². The highest BCUT2D eigenvalue weighted by atomic mass is 16.5. The average Bonchev–Trinajstić information content (AvgIpc) is 2.44. The van der Waals surface area contributed by atoms with Crippen LogP contribution in [0.4, 0.5) is 0 Å². The molecule has 0 aliphatic carbocycles. The lowest BCUT2D eigenvalue weighted by molar-refractivity contribution is -0.148. The minimum atomic E-state index is -0.852. The number of rotatable bonds is 6. The van der Waals surface area contributed by atoms with E-state index >= 15 is 0 Å². The van der Waals surface area contributed by atoms with Gasteiger partial charge in [0.1, 0.15) is 5.41 Å². The normalized spacial score (nSPS) is 15.6. The minimum Gasteiger partial charge on any atom is -0.468 e. The molecular formula is C15H23NO3. The van der Waals surface area contributed by atoms with Gasteiger partial charge in [-0.2, -0.15) is 0 Å². The first-order chi connectivity index (χ1) is 9.01. The Morgan fingerprint density at radius 2 is 2.00 bits per heavy atom. The standard InChI is InChI=1S/C15H23NO3/c1-11-7-5-6-8-13(11)15(10-16,14(17)19-4)9-12(2)18-3/h5-8,12H,9-10,16H2,1-4H3. The summed E-state index contributed by atoms with van der Waals surface area (Å²) in [5.74, 6) is -0.312. The van der Waals surface area contributed by atoms with Crippen molar-refractivity contribution < 1.29 is 14.3 Å². The Morgan fingerprint density at radius 3 is 2.47 bits per heavy atom. The van der Waals surface area contributed by atoms with Crippen LogP contribution >= 0.6 is 0 Å². The first kappa shape index (κ1) is 15.7. The second-order valence-electron chi connectivity index (χ2n) is 4.84. The molecule has 0 aromatic heterocycles. The second kappa shape index (κ2) is 6.68. The molecule has 2 N–H and O–H groups in total.